The molecule has 476 valence electrons. The van der Waals surface area contributed by atoms with Crippen molar-refractivity contribution < 1.29 is 102 Å². The Morgan fingerprint density at radius 3 is 1.05 bits per heavy atom. The first-order valence-electron chi connectivity index (χ1n) is 30.6. The molecular weight excluding hydrogens is 1120 g/mol. The predicted molar refractivity (Wildman–Crippen MR) is 320 cm³/mol. The molecule has 0 bridgehead atoms. The SMILES string of the molecule is CCCCOc1cc(C(=O)OCC(O)(COC(=O)c2cc(OCCCC)c(OCCCC)c(OCCCC)c2)C2COC(=O)c3cc(O)c(OCCCC)c(O)c3-c3c(cc(O)c(OCCCC)c3O)C(=O)O2)cc(OCCCC)c1OCCCC. The fourth-order valence-electron chi connectivity index (χ4n) is 8.56. The van der Waals surface area contributed by atoms with E-state index in [0.29, 0.717) is 77.4 Å². The van der Waals surface area contributed by atoms with Crippen molar-refractivity contribution in [2.24, 2.45) is 0 Å². The Morgan fingerprint density at radius 2 is 0.733 bits per heavy atom. The number of phenolic OH excluding ortho intramolecular Hbond substituents is 4. The maximum absolute atomic E-state index is 15.0. The average Bonchev–Trinajstić information content (AvgIpc) is 0.876. The number of hydrogen-bond acceptors (Lipinski definition) is 21. The van der Waals surface area contributed by atoms with Crippen LogP contribution in [0.4, 0.5) is 0 Å². The Balaban J connectivity index is 1.69. The van der Waals surface area contributed by atoms with E-state index in [9.17, 15) is 44.7 Å². The number of ether oxygens (including phenoxy) is 12. The third-order valence-corrected chi connectivity index (χ3v) is 13.8. The molecule has 4 aromatic carbocycles. The van der Waals surface area contributed by atoms with Crippen LogP contribution in [0.5, 0.6) is 69.0 Å². The fraction of sp³-hybridized carbons (Fsp3) is 0.569. The Labute approximate surface area is 505 Å². The topological polar surface area (TPSA) is 280 Å². The lowest BCUT2D eigenvalue weighted by molar-refractivity contribution is -0.150. The molecule has 1 heterocycles. The second-order valence-electron chi connectivity index (χ2n) is 21.0. The molecule has 0 radical (unpaired) electrons. The number of cyclic esters (lactones) is 2. The van der Waals surface area contributed by atoms with Gasteiger partial charge < -0.3 is 82.4 Å². The van der Waals surface area contributed by atoms with Crippen LogP contribution < -0.4 is 37.9 Å². The zero-order chi connectivity index (χ0) is 62.6. The molecule has 0 aliphatic carbocycles. The lowest BCUT2D eigenvalue weighted by Crippen LogP contribution is -2.55. The molecule has 5 rings (SSSR count). The highest BCUT2D eigenvalue weighted by atomic mass is 16.6. The lowest BCUT2D eigenvalue weighted by atomic mass is 9.91. The van der Waals surface area contributed by atoms with Crippen molar-refractivity contribution >= 4 is 23.9 Å². The largest absolute Gasteiger partial charge is 0.504 e. The molecule has 0 saturated carbocycles. The van der Waals surface area contributed by atoms with Crippen LogP contribution in [0.1, 0.15) is 200 Å². The fourth-order valence-corrected chi connectivity index (χ4v) is 8.56. The zero-order valence-electron chi connectivity index (χ0n) is 51.4. The summed E-state index contributed by atoms with van der Waals surface area (Å²) in [6.45, 7) is 14.1. The van der Waals surface area contributed by atoms with Crippen LogP contribution in [0.3, 0.4) is 0 Å². The number of fused-ring (bicyclic) bond motifs is 3. The van der Waals surface area contributed by atoms with Crippen LogP contribution in [0.15, 0.2) is 36.4 Å². The minimum atomic E-state index is -2.84. The van der Waals surface area contributed by atoms with Crippen LogP contribution in [-0.2, 0) is 18.9 Å². The van der Waals surface area contributed by atoms with Gasteiger partial charge in [0.2, 0.25) is 23.0 Å². The molecule has 0 saturated heterocycles. The van der Waals surface area contributed by atoms with Crippen molar-refractivity contribution in [2.75, 3.05) is 72.7 Å². The van der Waals surface area contributed by atoms with Crippen molar-refractivity contribution in [1.29, 1.82) is 0 Å². The Kier molecular flexibility index (Phi) is 28.7. The molecule has 1 aliphatic rings. The molecule has 21 heteroatoms. The monoisotopic (exact) mass is 1210 g/mol. The highest BCUT2D eigenvalue weighted by Crippen LogP contribution is 2.54. The molecule has 5 N–H and O–H groups in total. The van der Waals surface area contributed by atoms with E-state index < -0.39 is 112 Å². The summed E-state index contributed by atoms with van der Waals surface area (Å²) in [7, 11) is 0. The average molecular weight is 1210 g/mol. The Bertz CT molecular complexity index is 2670. The van der Waals surface area contributed by atoms with E-state index in [-0.39, 0.29) is 85.3 Å². The van der Waals surface area contributed by atoms with Gasteiger partial charge in [-0.3, -0.25) is 0 Å². The number of rotatable bonds is 39. The number of carbonyl (C=O) groups excluding carboxylic acids is 4. The standard InChI is InChI=1S/C65H90O21/c1-9-17-25-75-48-33-42(34-49(76-26-18-10-2)59(48)81-31-23-15-7)61(70)84-40-65(74,41-85-62(71)43-35-50(77-27-19-11-3)60(82-32-24-16-8)51(36-43)78-28-20-12-4)52-39-83-63(72)44-37-46(66)57(79-29-21-13-5)55(68)53(44)54-45(64(73)86-52)38-47(67)58(56(54)69)80-30-22-14-6/h33-38,52,66-69,74H,9-32,39-41H2,1-8H3. The van der Waals surface area contributed by atoms with Crippen LogP contribution in [0.25, 0.3) is 11.1 Å². The van der Waals surface area contributed by atoms with Gasteiger partial charge in [-0.05, 0) is 87.8 Å². The van der Waals surface area contributed by atoms with Gasteiger partial charge in [0.05, 0.1) is 75.1 Å². The predicted octanol–water partition coefficient (Wildman–Crippen LogP) is 12.7. The molecule has 1 atom stereocenters. The summed E-state index contributed by atoms with van der Waals surface area (Å²) in [5.74, 6) is -7.91. The summed E-state index contributed by atoms with van der Waals surface area (Å²) >= 11 is 0. The summed E-state index contributed by atoms with van der Waals surface area (Å²) in [6, 6.07) is 7.39. The number of aromatic hydroxyl groups is 4. The molecule has 21 nitrogen and oxygen atoms in total. The Hall–Kier alpha value is -7.68. The summed E-state index contributed by atoms with van der Waals surface area (Å²) in [5.41, 5.74) is -5.58. The van der Waals surface area contributed by atoms with Gasteiger partial charge in [0.15, 0.2) is 57.7 Å². The van der Waals surface area contributed by atoms with E-state index in [1.54, 1.807) is 0 Å². The first kappa shape index (κ1) is 69.1. The highest BCUT2D eigenvalue weighted by molar-refractivity contribution is 6.08. The van der Waals surface area contributed by atoms with Crippen LogP contribution in [0, 0.1) is 0 Å². The summed E-state index contributed by atoms with van der Waals surface area (Å²) in [6.07, 6.45) is 9.09. The van der Waals surface area contributed by atoms with Crippen molar-refractivity contribution in [1.82, 2.24) is 0 Å². The number of phenols is 4. The Morgan fingerprint density at radius 1 is 0.442 bits per heavy atom. The van der Waals surface area contributed by atoms with Gasteiger partial charge in [-0.2, -0.15) is 0 Å². The van der Waals surface area contributed by atoms with E-state index in [4.69, 9.17) is 56.8 Å². The van der Waals surface area contributed by atoms with E-state index in [0.717, 1.165) is 50.7 Å². The van der Waals surface area contributed by atoms with Gasteiger partial charge in [-0.1, -0.05) is 107 Å². The highest BCUT2D eigenvalue weighted by Gasteiger charge is 2.46. The van der Waals surface area contributed by atoms with Gasteiger partial charge in [0.1, 0.15) is 19.8 Å². The first-order valence-corrected chi connectivity index (χ1v) is 30.6. The van der Waals surface area contributed by atoms with Crippen molar-refractivity contribution in [3.63, 3.8) is 0 Å². The third kappa shape index (κ3) is 18.9. The number of esters is 4. The maximum Gasteiger partial charge on any atom is 0.339 e. The minimum Gasteiger partial charge on any atom is -0.504 e. The molecule has 0 amide bonds. The molecule has 0 spiro atoms. The van der Waals surface area contributed by atoms with E-state index in [1.165, 1.54) is 24.3 Å². The molecule has 86 heavy (non-hydrogen) atoms. The van der Waals surface area contributed by atoms with Gasteiger partial charge in [-0.25, -0.2) is 19.2 Å². The molecule has 1 unspecified atom stereocenters. The van der Waals surface area contributed by atoms with Crippen molar-refractivity contribution in [2.45, 2.75) is 170 Å². The lowest BCUT2D eigenvalue weighted by Gasteiger charge is -2.35. The number of aliphatic hydroxyl groups is 1. The van der Waals surface area contributed by atoms with Crippen LogP contribution in [0.2, 0.25) is 0 Å². The maximum atomic E-state index is 15.0. The molecule has 0 fully saturated rings. The summed E-state index contributed by atoms with van der Waals surface area (Å²) in [4.78, 5) is 58.6. The van der Waals surface area contributed by atoms with E-state index in [2.05, 4.69) is 0 Å². The van der Waals surface area contributed by atoms with Crippen LogP contribution in [-0.4, -0.2) is 134 Å². The van der Waals surface area contributed by atoms with Gasteiger partial charge in [0, 0.05) is 11.1 Å². The van der Waals surface area contributed by atoms with Gasteiger partial charge in [-0.15, -0.1) is 0 Å². The normalized spacial score (nSPS) is 13.1. The van der Waals surface area contributed by atoms with E-state index in [1.807, 2.05) is 55.4 Å². The third-order valence-electron chi connectivity index (χ3n) is 13.8. The quantitative estimate of drug-likeness (QED) is 0.0158. The second kappa shape index (κ2) is 35.7. The minimum absolute atomic E-state index is 0.000752. The number of unbranched alkanes of at least 4 members (excludes halogenated alkanes) is 8. The van der Waals surface area contributed by atoms with Gasteiger partial charge in [0.25, 0.3) is 0 Å². The summed E-state index contributed by atoms with van der Waals surface area (Å²) in [5, 5.41) is 59.8. The van der Waals surface area contributed by atoms with Crippen molar-refractivity contribution in [3.05, 3.63) is 58.7 Å². The zero-order valence-corrected chi connectivity index (χ0v) is 51.4. The second-order valence-corrected chi connectivity index (χ2v) is 21.0. The molecule has 1 aliphatic heterocycles. The number of benzene rings is 4. The van der Waals surface area contributed by atoms with Gasteiger partial charge >= 0.3 is 23.9 Å². The van der Waals surface area contributed by atoms with Crippen molar-refractivity contribution in [3.8, 4) is 80.1 Å². The molecular formula is C65H90O21. The first-order chi connectivity index (χ1) is 41.6. The number of hydrogen-bond donors (Lipinski definition) is 5. The molecule has 0 aromatic heterocycles. The summed E-state index contributed by atoms with van der Waals surface area (Å²) < 4.78 is 72.2. The smallest absolute Gasteiger partial charge is 0.339 e. The molecule has 4 aromatic rings. The van der Waals surface area contributed by atoms with Crippen LogP contribution >= 0.6 is 0 Å². The van der Waals surface area contributed by atoms with E-state index >= 15 is 0 Å². The number of carbonyl (C=O) groups is 4.